The van der Waals surface area contributed by atoms with Crippen LogP contribution in [0.5, 0.6) is 0 Å². The fraction of sp³-hybridized carbons (Fsp3) is 0.467. The first-order valence-corrected chi connectivity index (χ1v) is 6.86. The summed E-state index contributed by atoms with van der Waals surface area (Å²) in [5, 5.41) is 9.16. The molecule has 0 bridgehead atoms. The van der Waals surface area contributed by atoms with Gasteiger partial charge in [0.15, 0.2) is 5.69 Å². The van der Waals surface area contributed by atoms with Crippen molar-refractivity contribution in [2.45, 2.75) is 45.8 Å². The minimum absolute atomic E-state index is 0.0216. The van der Waals surface area contributed by atoms with E-state index in [1.165, 1.54) is 6.20 Å². The van der Waals surface area contributed by atoms with Crippen molar-refractivity contribution >= 4 is 19.2 Å². The maximum absolute atomic E-state index is 11.2. The molecular weight excluding hydrogens is 269 g/mol. The normalized spacial score (nSPS) is 20.1. The van der Waals surface area contributed by atoms with E-state index in [1.807, 2.05) is 34.6 Å². The van der Waals surface area contributed by atoms with Gasteiger partial charge in [-0.3, -0.25) is 0 Å². The number of carbonyl (C=O) groups is 1. The Kier molecular flexibility index (Phi) is 3.95. The lowest BCUT2D eigenvalue weighted by atomic mass is 9.89. The van der Waals surface area contributed by atoms with E-state index in [0.717, 1.165) is 5.56 Å². The Hall–Kier alpha value is -1.66. The first-order valence-electron chi connectivity index (χ1n) is 6.86. The molecule has 5 nitrogen and oxygen atoms in total. The van der Waals surface area contributed by atoms with Crippen LogP contribution in [0.2, 0.25) is 0 Å². The van der Waals surface area contributed by atoms with Crippen LogP contribution in [0.15, 0.2) is 18.2 Å². The van der Waals surface area contributed by atoms with E-state index in [0.29, 0.717) is 5.56 Å². The van der Waals surface area contributed by atoms with E-state index in [-0.39, 0.29) is 5.69 Å². The number of hydrogen-bond donors (Lipinski definition) is 1. The van der Waals surface area contributed by atoms with Crippen LogP contribution in [0, 0.1) is 6.92 Å². The number of aromatic carboxylic acids is 1. The molecule has 0 radical (unpaired) electrons. The highest BCUT2D eigenvalue weighted by molar-refractivity contribution is 6.52. The van der Waals surface area contributed by atoms with Crippen LogP contribution in [-0.4, -0.2) is 34.4 Å². The summed E-state index contributed by atoms with van der Waals surface area (Å²) in [6, 6.07) is 1.78. The summed E-state index contributed by atoms with van der Waals surface area (Å²) in [5.41, 5.74) is 0.629. The maximum atomic E-state index is 11.2. The lowest BCUT2D eigenvalue weighted by molar-refractivity contribution is 0.00578. The summed E-state index contributed by atoms with van der Waals surface area (Å²) in [6.07, 6.45) is 3.22. The highest BCUT2D eigenvalue weighted by Crippen LogP contribution is 2.37. The molecule has 0 amide bonds. The van der Waals surface area contributed by atoms with E-state index < -0.39 is 24.3 Å². The highest BCUT2D eigenvalue weighted by atomic mass is 16.7. The molecule has 6 heteroatoms. The summed E-state index contributed by atoms with van der Waals surface area (Å²) in [4.78, 5) is 15.1. The Bertz CT molecular complexity index is 579. The third-order valence-electron chi connectivity index (χ3n) is 3.96. The van der Waals surface area contributed by atoms with Gasteiger partial charge in [0.25, 0.3) is 0 Å². The average Bonchev–Trinajstić information content (AvgIpc) is 2.55. The van der Waals surface area contributed by atoms with Gasteiger partial charge in [0, 0.05) is 11.8 Å². The molecule has 21 heavy (non-hydrogen) atoms. The van der Waals surface area contributed by atoms with E-state index >= 15 is 0 Å². The zero-order valence-corrected chi connectivity index (χ0v) is 13.0. The average molecular weight is 289 g/mol. The van der Waals surface area contributed by atoms with Crippen LogP contribution >= 0.6 is 0 Å². The molecule has 2 rings (SSSR count). The number of rotatable bonds is 3. The predicted molar refractivity (Wildman–Crippen MR) is 81.0 cm³/mol. The van der Waals surface area contributed by atoms with Crippen LogP contribution in [0.25, 0.3) is 6.08 Å². The molecule has 0 aliphatic carbocycles. The summed E-state index contributed by atoms with van der Waals surface area (Å²) in [5.74, 6) is 0.669. The minimum atomic E-state index is -1.05. The standard InChI is InChI=1S/C15H20BNO4/c1-10-8-11(12(13(18)19)17-9-10)6-7-16-20-14(2,3)15(4,5)21-16/h6-9H,1-5H3,(H,18,19)/b7-6+. The molecular formula is C15H20BNO4. The van der Waals surface area contributed by atoms with Crippen molar-refractivity contribution in [3.63, 3.8) is 0 Å². The second kappa shape index (κ2) is 5.28. The molecule has 1 fully saturated rings. The van der Waals surface area contributed by atoms with Gasteiger partial charge >= 0.3 is 13.1 Å². The van der Waals surface area contributed by atoms with Gasteiger partial charge in [0.1, 0.15) is 0 Å². The van der Waals surface area contributed by atoms with E-state index in [2.05, 4.69) is 4.98 Å². The van der Waals surface area contributed by atoms with Crippen molar-refractivity contribution in [3.8, 4) is 0 Å². The monoisotopic (exact) mass is 289 g/mol. The molecule has 1 aliphatic heterocycles. The molecule has 1 saturated heterocycles. The smallest absolute Gasteiger partial charge is 0.476 e. The van der Waals surface area contributed by atoms with Gasteiger partial charge in [-0.1, -0.05) is 12.1 Å². The van der Waals surface area contributed by atoms with Crippen LogP contribution < -0.4 is 0 Å². The quantitative estimate of drug-likeness (QED) is 0.866. The molecule has 1 N–H and O–H groups in total. The van der Waals surface area contributed by atoms with Crippen molar-refractivity contribution in [1.82, 2.24) is 4.98 Å². The van der Waals surface area contributed by atoms with E-state index in [1.54, 1.807) is 18.1 Å². The number of carboxylic acid groups (broad SMARTS) is 1. The third-order valence-corrected chi connectivity index (χ3v) is 3.96. The van der Waals surface area contributed by atoms with Crippen LogP contribution in [0.4, 0.5) is 0 Å². The molecule has 0 saturated carbocycles. The van der Waals surface area contributed by atoms with Crippen molar-refractivity contribution in [2.24, 2.45) is 0 Å². The summed E-state index contributed by atoms with van der Waals surface area (Å²) in [6.45, 7) is 9.75. The van der Waals surface area contributed by atoms with E-state index in [4.69, 9.17) is 14.4 Å². The third kappa shape index (κ3) is 3.17. The molecule has 0 spiro atoms. The van der Waals surface area contributed by atoms with Crippen molar-refractivity contribution in [1.29, 1.82) is 0 Å². The second-order valence-electron chi connectivity index (χ2n) is 6.24. The van der Waals surface area contributed by atoms with Crippen LogP contribution in [0.1, 0.15) is 49.3 Å². The maximum Gasteiger partial charge on any atom is 0.487 e. The van der Waals surface area contributed by atoms with E-state index in [9.17, 15) is 4.79 Å². The molecule has 112 valence electrons. The van der Waals surface area contributed by atoms with Gasteiger partial charge in [-0.15, -0.1) is 0 Å². The number of aromatic nitrogens is 1. The summed E-state index contributed by atoms with van der Waals surface area (Å²) in [7, 11) is -0.503. The van der Waals surface area contributed by atoms with Crippen LogP contribution in [-0.2, 0) is 9.31 Å². The van der Waals surface area contributed by atoms with Crippen molar-refractivity contribution < 1.29 is 19.2 Å². The van der Waals surface area contributed by atoms with Gasteiger partial charge in [-0.05, 0) is 46.2 Å². The fourth-order valence-corrected chi connectivity index (χ4v) is 2.05. The summed E-state index contributed by atoms with van der Waals surface area (Å²) >= 11 is 0. The fourth-order valence-electron chi connectivity index (χ4n) is 2.05. The van der Waals surface area contributed by atoms with Gasteiger partial charge in [-0.2, -0.15) is 0 Å². The molecule has 2 heterocycles. The van der Waals surface area contributed by atoms with Crippen molar-refractivity contribution in [3.05, 3.63) is 35.1 Å². The Morgan fingerprint density at radius 3 is 2.38 bits per heavy atom. The Morgan fingerprint density at radius 2 is 1.86 bits per heavy atom. The van der Waals surface area contributed by atoms with Gasteiger partial charge < -0.3 is 14.4 Å². The molecule has 1 aromatic rings. The number of nitrogens with zero attached hydrogens (tertiary/aromatic N) is 1. The Morgan fingerprint density at radius 1 is 1.29 bits per heavy atom. The lowest BCUT2D eigenvalue weighted by Crippen LogP contribution is -2.41. The molecule has 1 aliphatic rings. The SMILES string of the molecule is Cc1cnc(C(=O)O)c(/C=C/B2OC(C)(C)C(C)(C)O2)c1. The highest BCUT2D eigenvalue weighted by Gasteiger charge is 2.50. The molecule has 1 aromatic heterocycles. The lowest BCUT2D eigenvalue weighted by Gasteiger charge is -2.32. The first-order chi connectivity index (χ1) is 9.62. The minimum Gasteiger partial charge on any atom is -0.476 e. The number of carboxylic acids is 1. The topological polar surface area (TPSA) is 68.7 Å². The molecule has 0 unspecified atom stereocenters. The summed E-state index contributed by atoms with van der Waals surface area (Å²) < 4.78 is 11.7. The predicted octanol–water partition coefficient (Wildman–Crippen LogP) is 2.73. The zero-order valence-electron chi connectivity index (χ0n) is 13.0. The molecule has 0 aromatic carbocycles. The Balaban J connectivity index is 2.24. The van der Waals surface area contributed by atoms with Crippen molar-refractivity contribution in [2.75, 3.05) is 0 Å². The van der Waals surface area contributed by atoms with Crippen LogP contribution in [0.3, 0.4) is 0 Å². The second-order valence-corrected chi connectivity index (χ2v) is 6.24. The van der Waals surface area contributed by atoms with Gasteiger partial charge in [0.05, 0.1) is 11.2 Å². The zero-order chi connectivity index (χ0) is 15.8. The number of aryl methyl sites for hydroxylation is 1. The number of hydrogen-bond acceptors (Lipinski definition) is 4. The van der Waals surface area contributed by atoms with Gasteiger partial charge in [0.2, 0.25) is 0 Å². The number of pyridine rings is 1. The molecule has 0 atom stereocenters. The first kappa shape index (κ1) is 15.7. The Labute approximate surface area is 125 Å². The van der Waals surface area contributed by atoms with Gasteiger partial charge in [-0.25, -0.2) is 9.78 Å². The largest absolute Gasteiger partial charge is 0.487 e.